The molecule has 0 aliphatic carbocycles. The summed E-state index contributed by atoms with van der Waals surface area (Å²) >= 11 is 1.51. The molecule has 1 amide bonds. The number of carbonyl (C=O) groups is 1. The van der Waals surface area contributed by atoms with E-state index < -0.39 is 4.92 Å². The summed E-state index contributed by atoms with van der Waals surface area (Å²) < 4.78 is 0. The molecule has 0 spiro atoms. The van der Waals surface area contributed by atoms with E-state index in [1.807, 2.05) is 25.1 Å². The van der Waals surface area contributed by atoms with Crippen molar-refractivity contribution in [2.45, 2.75) is 19.6 Å². The minimum atomic E-state index is -0.461. The smallest absolute Gasteiger partial charge is 0.273 e. The second-order valence-corrected chi connectivity index (χ2v) is 7.05. The number of nitro groups is 1. The highest BCUT2D eigenvalue weighted by Crippen LogP contribution is 2.26. The third-order valence-electron chi connectivity index (χ3n) is 4.23. The second-order valence-electron chi connectivity index (χ2n) is 6.11. The van der Waals surface area contributed by atoms with Crippen LogP contribution in [0.1, 0.15) is 27.0 Å². The van der Waals surface area contributed by atoms with E-state index in [1.54, 1.807) is 24.0 Å². The van der Waals surface area contributed by atoms with Crippen molar-refractivity contribution < 1.29 is 9.72 Å². The van der Waals surface area contributed by atoms with E-state index in [-0.39, 0.29) is 11.6 Å². The standard InChI is InChI=1S/C19H19N3O3S/c1-13-5-3-6-15(11-13)12-26-19-20-9-10-21(19)18(23)16-7-4-8-17(14(16)2)22(24)25/h3-8,11H,9-10,12H2,1-2H3. The number of benzene rings is 2. The minimum absolute atomic E-state index is 0.0408. The Morgan fingerprint density at radius 2 is 2.04 bits per heavy atom. The van der Waals surface area contributed by atoms with E-state index in [0.29, 0.717) is 29.4 Å². The number of aryl methyl sites for hydroxylation is 1. The Morgan fingerprint density at radius 3 is 2.77 bits per heavy atom. The van der Waals surface area contributed by atoms with Crippen molar-refractivity contribution in [1.82, 2.24) is 4.90 Å². The molecule has 1 aliphatic heterocycles. The summed E-state index contributed by atoms with van der Waals surface area (Å²) in [5, 5.41) is 11.8. The number of amidine groups is 1. The predicted octanol–water partition coefficient (Wildman–Crippen LogP) is 3.96. The van der Waals surface area contributed by atoms with Crippen molar-refractivity contribution in [3.05, 3.63) is 74.8 Å². The second kappa shape index (κ2) is 7.70. The maximum absolute atomic E-state index is 12.9. The number of nitro benzene ring substituents is 1. The molecule has 0 saturated carbocycles. The van der Waals surface area contributed by atoms with Gasteiger partial charge in [0.05, 0.1) is 11.5 Å². The average Bonchev–Trinajstić information content (AvgIpc) is 3.08. The fourth-order valence-corrected chi connectivity index (χ4v) is 3.87. The van der Waals surface area contributed by atoms with Gasteiger partial charge in [0.1, 0.15) is 0 Å². The highest BCUT2D eigenvalue weighted by atomic mass is 32.2. The van der Waals surface area contributed by atoms with Crippen LogP contribution in [0.4, 0.5) is 5.69 Å². The van der Waals surface area contributed by atoms with Crippen LogP contribution in [-0.2, 0) is 5.75 Å². The molecule has 1 heterocycles. The zero-order valence-corrected chi connectivity index (χ0v) is 15.5. The summed E-state index contributed by atoms with van der Waals surface area (Å²) in [5.74, 6) is 0.484. The Bertz CT molecular complexity index is 895. The van der Waals surface area contributed by atoms with E-state index >= 15 is 0 Å². The Kier molecular flexibility index (Phi) is 5.37. The number of thioether (sulfide) groups is 1. The van der Waals surface area contributed by atoms with Crippen LogP contribution in [0.3, 0.4) is 0 Å². The van der Waals surface area contributed by atoms with E-state index in [4.69, 9.17) is 0 Å². The van der Waals surface area contributed by atoms with Crippen LogP contribution in [0.15, 0.2) is 47.5 Å². The summed E-state index contributed by atoms with van der Waals surface area (Å²) in [5.41, 5.74) is 3.06. The maximum atomic E-state index is 12.9. The maximum Gasteiger partial charge on any atom is 0.273 e. The van der Waals surface area contributed by atoms with Gasteiger partial charge in [0.25, 0.3) is 11.6 Å². The lowest BCUT2D eigenvalue weighted by Gasteiger charge is -2.19. The Labute approximate surface area is 156 Å². The summed E-state index contributed by atoms with van der Waals surface area (Å²) in [7, 11) is 0. The molecule has 0 bridgehead atoms. The van der Waals surface area contributed by atoms with Gasteiger partial charge in [-0.25, -0.2) is 0 Å². The molecule has 6 nitrogen and oxygen atoms in total. The lowest BCUT2D eigenvalue weighted by Crippen LogP contribution is -2.33. The zero-order chi connectivity index (χ0) is 18.7. The van der Waals surface area contributed by atoms with Crippen LogP contribution in [-0.4, -0.2) is 34.0 Å². The summed E-state index contributed by atoms with van der Waals surface area (Å²) in [6.07, 6.45) is 0. The molecular weight excluding hydrogens is 350 g/mol. The molecule has 0 N–H and O–H groups in total. The van der Waals surface area contributed by atoms with Crippen molar-refractivity contribution >= 4 is 28.5 Å². The van der Waals surface area contributed by atoms with E-state index in [2.05, 4.69) is 11.1 Å². The van der Waals surface area contributed by atoms with Gasteiger partial charge in [-0.05, 0) is 25.5 Å². The van der Waals surface area contributed by atoms with Crippen LogP contribution in [0.25, 0.3) is 0 Å². The van der Waals surface area contributed by atoms with Crippen LogP contribution < -0.4 is 0 Å². The predicted molar refractivity (Wildman–Crippen MR) is 104 cm³/mol. The van der Waals surface area contributed by atoms with Crippen molar-refractivity contribution in [3.63, 3.8) is 0 Å². The largest absolute Gasteiger partial charge is 0.286 e. The summed E-state index contributed by atoms with van der Waals surface area (Å²) in [6.45, 7) is 4.70. The molecule has 0 unspecified atom stereocenters. The topological polar surface area (TPSA) is 75.8 Å². The third kappa shape index (κ3) is 3.77. The molecule has 0 atom stereocenters. The Morgan fingerprint density at radius 1 is 1.27 bits per heavy atom. The molecule has 26 heavy (non-hydrogen) atoms. The van der Waals surface area contributed by atoms with Crippen molar-refractivity contribution in [1.29, 1.82) is 0 Å². The number of aliphatic imine (C=N–C) groups is 1. The minimum Gasteiger partial charge on any atom is -0.286 e. The molecule has 134 valence electrons. The molecule has 0 radical (unpaired) electrons. The Hall–Kier alpha value is -2.67. The van der Waals surface area contributed by atoms with E-state index in [0.717, 1.165) is 5.75 Å². The number of carbonyl (C=O) groups excluding carboxylic acids is 1. The molecule has 2 aromatic carbocycles. The first-order valence-corrected chi connectivity index (χ1v) is 9.24. The van der Waals surface area contributed by atoms with Gasteiger partial charge in [-0.1, -0.05) is 47.7 Å². The normalized spacial score (nSPS) is 13.6. The first-order valence-electron chi connectivity index (χ1n) is 8.26. The molecule has 7 heteroatoms. The van der Waals surface area contributed by atoms with Crippen LogP contribution in [0.2, 0.25) is 0 Å². The third-order valence-corrected chi connectivity index (χ3v) is 5.31. The first kappa shape index (κ1) is 18.1. The van der Waals surface area contributed by atoms with Gasteiger partial charge in [-0.15, -0.1) is 0 Å². The lowest BCUT2D eigenvalue weighted by atomic mass is 10.1. The van der Waals surface area contributed by atoms with Gasteiger partial charge in [-0.3, -0.25) is 24.8 Å². The number of hydrogen-bond donors (Lipinski definition) is 0. The molecule has 0 aromatic heterocycles. The molecule has 1 aliphatic rings. The van der Waals surface area contributed by atoms with Crippen LogP contribution in [0.5, 0.6) is 0 Å². The molecule has 3 rings (SSSR count). The highest BCUT2D eigenvalue weighted by molar-refractivity contribution is 8.13. The monoisotopic (exact) mass is 369 g/mol. The number of nitrogens with zero attached hydrogens (tertiary/aromatic N) is 3. The van der Waals surface area contributed by atoms with Crippen LogP contribution in [0, 0.1) is 24.0 Å². The SMILES string of the molecule is Cc1cccc(CSC2=NCCN2C(=O)c2cccc([N+](=O)[O-])c2C)c1. The van der Waals surface area contributed by atoms with Gasteiger partial charge in [0, 0.05) is 29.5 Å². The van der Waals surface area contributed by atoms with Crippen LogP contribution >= 0.6 is 11.8 Å². The molecule has 0 saturated heterocycles. The zero-order valence-electron chi connectivity index (χ0n) is 14.6. The fraction of sp³-hybridized carbons (Fsp3) is 0.263. The number of amides is 1. The number of rotatable bonds is 4. The van der Waals surface area contributed by atoms with Gasteiger partial charge in [0.2, 0.25) is 0 Å². The average molecular weight is 369 g/mol. The Balaban J connectivity index is 1.76. The van der Waals surface area contributed by atoms with E-state index in [1.165, 1.54) is 29.0 Å². The van der Waals surface area contributed by atoms with Crippen molar-refractivity contribution in [2.24, 2.45) is 4.99 Å². The first-order chi connectivity index (χ1) is 12.5. The lowest BCUT2D eigenvalue weighted by molar-refractivity contribution is -0.385. The van der Waals surface area contributed by atoms with E-state index in [9.17, 15) is 14.9 Å². The number of hydrogen-bond acceptors (Lipinski definition) is 5. The summed E-state index contributed by atoms with van der Waals surface area (Å²) in [4.78, 5) is 29.6. The molecule has 0 fully saturated rings. The summed E-state index contributed by atoms with van der Waals surface area (Å²) in [6, 6.07) is 12.8. The fourth-order valence-electron chi connectivity index (χ4n) is 2.89. The molecular formula is C19H19N3O3S. The van der Waals surface area contributed by atoms with Gasteiger partial charge < -0.3 is 0 Å². The van der Waals surface area contributed by atoms with Crippen molar-refractivity contribution in [2.75, 3.05) is 13.1 Å². The van der Waals surface area contributed by atoms with Gasteiger partial charge >= 0.3 is 0 Å². The van der Waals surface area contributed by atoms with Crippen molar-refractivity contribution in [3.8, 4) is 0 Å². The highest BCUT2D eigenvalue weighted by Gasteiger charge is 2.28. The van der Waals surface area contributed by atoms with Gasteiger partial charge in [0.15, 0.2) is 5.17 Å². The molecule has 2 aromatic rings. The quantitative estimate of drug-likeness (QED) is 0.604. The van der Waals surface area contributed by atoms with Gasteiger partial charge in [-0.2, -0.15) is 0 Å².